The zero-order valence-corrected chi connectivity index (χ0v) is 8.86. The normalized spacial score (nSPS) is 11.4. The molecule has 0 aliphatic rings. The molecule has 0 radical (unpaired) electrons. The highest BCUT2D eigenvalue weighted by Gasteiger charge is 2.10. The van der Waals surface area contributed by atoms with Crippen molar-refractivity contribution in [1.82, 2.24) is 4.90 Å². The molecular weight excluding hydrogens is 182 g/mol. The maximum absolute atomic E-state index is 11.5. The molecule has 82 valence electrons. The molecule has 5 nitrogen and oxygen atoms in total. The Morgan fingerprint density at radius 1 is 1.43 bits per heavy atom. The highest BCUT2D eigenvalue weighted by Crippen LogP contribution is 1.98. The summed E-state index contributed by atoms with van der Waals surface area (Å²) in [6.07, 6.45) is 1.82. The molecule has 0 rings (SSSR count). The van der Waals surface area contributed by atoms with Crippen molar-refractivity contribution in [3.8, 4) is 0 Å². The van der Waals surface area contributed by atoms with Gasteiger partial charge in [-0.3, -0.25) is 4.79 Å². The van der Waals surface area contributed by atoms with Gasteiger partial charge in [-0.15, -0.1) is 0 Å². The smallest absolute Gasteiger partial charge is 0.222 e. The van der Waals surface area contributed by atoms with Crippen LogP contribution in [0.4, 0.5) is 0 Å². The third-order valence-corrected chi connectivity index (χ3v) is 1.96. The van der Waals surface area contributed by atoms with Crippen molar-refractivity contribution in [1.29, 1.82) is 0 Å². The molecule has 0 aromatic carbocycles. The standard InChI is InChI=1S/C9H19N3O2/c1-3-5-9(13)12(4-2)7-6-8(10)11-14/h14H,3-7H2,1-2H3,(H2,10,11). The van der Waals surface area contributed by atoms with Crippen LogP contribution in [-0.4, -0.2) is 34.9 Å². The highest BCUT2D eigenvalue weighted by molar-refractivity contribution is 5.81. The Labute approximate surface area is 84.6 Å². The molecule has 0 aliphatic carbocycles. The van der Waals surface area contributed by atoms with Crippen LogP contribution in [0, 0.1) is 0 Å². The Hall–Kier alpha value is -1.26. The van der Waals surface area contributed by atoms with Gasteiger partial charge in [-0.25, -0.2) is 0 Å². The lowest BCUT2D eigenvalue weighted by molar-refractivity contribution is -0.130. The van der Waals surface area contributed by atoms with Crippen LogP contribution in [0.2, 0.25) is 0 Å². The number of amides is 1. The van der Waals surface area contributed by atoms with Crippen molar-refractivity contribution in [2.45, 2.75) is 33.1 Å². The summed E-state index contributed by atoms with van der Waals surface area (Å²) in [6, 6.07) is 0. The predicted octanol–water partition coefficient (Wildman–Crippen LogP) is 0.772. The zero-order chi connectivity index (χ0) is 11.0. The average molecular weight is 201 g/mol. The van der Waals surface area contributed by atoms with Gasteiger partial charge in [-0.05, 0) is 13.3 Å². The summed E-state index contributed by atoms with van der Waals surface area (Å²) in [4.78, 5) is 13.2. The van der Waals surface area contributed by atoms with Gasteiger partial charge in [0.05, 0.1) is 0 Å². The summed E-state index contributed by atoms with van der Waals surface area (Å²) in [5, 5.41) is 11.2. The summed E-state index contributed by atoms with van der Waals surface area (Å²) in [5.41, 5.74) is 5.31. The van der Waals surface area contributed by atoms with Gasteiger partial charge in [0, 0.05) is 25.9 Å². The van der Waals surface area contributed by atoms with Crippen molar-refractivity contribution in [2.24, 2.45) is 10.9 Å². The SMILES string of the molecule is CCCC(=O)N(CC)CCC(N)=NO. The van der Waals surface area contributed by atoms with E-state index in [2.05, 4.69) is 5.16 Å². The average Bonchev–Trinajstić information content (AvgIpc) is 2.18. The van der Waals surface area contributed by atoms with Crippen molar-refractivity contribution >= 4 is 11.7 Å². The number of oxime groups is 1. The van der Waals surface area contributed by atoms with E-state index < -0.39 is 0 Å². The molecule has 0 heterocycles. The molecule has 14 heavy (non-hydrogen) atoms. The molecule has 0 atom stereocenters. The number of carbonyl (C=O) groups is 1. The van der Waals surface area contributed by atoms with Gasteiger partial charge >= 0.3 is 0 Å². The maximum Gasteiger partial charge on any atom is 0.222 e. The second kappa shape index (κ2) is 7.17. The number of carbonyl (C=O) groups excluding carboxylic acids is 1. The lowest BCUT2D eigenvalue weighted by Crippen LogP contribution is -2.33. The molecule has 0 aromatic heterocycles. The van der Waals surface area contributed by atoms with Gasteiger partial charge in [0.25, 0.3) is 0 Å². The second-order valence-electron chi connectivity index (χ2n) is 3.06. The number of amidine groups is 1. The van der Waals surface area contributed by atoms with Crippen LogP contribution in [0.25, 0.3) is 0 Å². The minimum atomic E-state index is 0.126. The molecule has 3 N–H and O–H groups in total. The van der Waals surface area contributed by atoms with Gasteiger partial charge < -0.3 is 15.8 Å². The number of rotatable bonds is 6. The Morgan fingerprint density at radius 3 is 2.50 bits per heavy atom. The molecule has 0 saturated heterocycles. The van der Waals surface area contributed by atoms with E-state index in [1.165, 1.54) is 0 Å². The van der Waals surface area contributed by atoms with E-state index >= 15 is 0 Å². The third kappa shape index (κ3) is 4.69. The van der Waals surface area contributed by atoms with Crippen LogP contribution >= 0.6 is 0 Å². The zero-order valence-electron chi connectivity index (χ0n) is 8.86. The van der Waals surface area contributed by atoms with E-state index in [9.17, 15) is 4.79 Å². The van der Waals surface area contributed by atoms with Gasteiger partial charge in [-0.2, -0.15) is 0 Å². The Morgan fingerprint density at radius 2 is 2.07 bits per heavy atom. The number of hydrogen-bond acceptors (Lipinski definition) is 3. The topological polar surface area (TPSA) is 78.9 Å². The van der Waals surface area contributed by atoms with E-state index in [1.54, 1.807) is 4.90 Å². The molecule has 0 unspecified atom stereocenters. The molecular formula is C9H19N3O2. The minimum Gasteiger partial charge on any atom is -0.409 e. The highest BCUT2D eigenvalue weighted by atomic mass is 16.4. The molecule has 1 amide bonds. The van der Waals surface area contributed by atoms with Crippen molar-refractivity contribution in [2.75, 3.05) is 13.1 Å². The fraction of sp³-hybridized carbons (Fsp3) is 0.778. The first-order valence-corrected chi connectivity index (χ1v) is 4.89. The lowest BCUT2D eigenvalue weighted by Gasteiger charge is -2.20. The first-order valence-electron chi connectivity index (χ1n) is 4.89. The van der Waals surface area contributed by atoms with Crippen LogP contribution < -0.4 is 5.73 Å². The minimum absolute atomic E-state index is 0.126. The van der Waals surface area contributed by atoms with Crippen LogP contribution in [0.1, 0.15) is 33.1 Å². The van der Waals surface area contributed by atoms with Crippen LogP contribution in [0.5, 0.6) is 0 Å². The Balaban J connectivity index is 3.96. The van der Waals surface area contributed by atoms with Crippen LogP contribution in [0.3, 0.4) is 0 Å². The van der Waals surface area contributed by atoms with Crippen molar-refractivity contribution in [3.63, 3.8) is 0 Å². The molecule has 0 saturated carbocycles. The quantitative estimate of drug-likeness (QED) is 0.288. The van der Waals surface area contributed by atoms with Crippen molar-refractivity contribution in [3.05, 3.63) is 0 Å². The van der Waals surface area contributed by atoms with E-state index in [0.29, 0.717) is 25.9 Å². The van der Waals surface area contributed by atoms with E-state index in [4.69, 9.17) is 10.9 Å². The first kappa shape index (κ1) is 12.7. The van der Waals surface area contributed by atoms with Crippen molar-refractivity contribution < 1.29 is 10.0 Å². The van der Waals surface area contributed by atoms with E-state index in [1.807, 2.05) is 13.8 Å². The molecule has 0 aromatic rings. The summed E-state index contributed by atoms with van der Waals surface area (Å²) >= 11 is 0. The number of nitrogens with two attached hydrogens (primary N) is 1. The summed E-state index contributed by atoms with van der Waals surface area (Å²) in [6.45, 7) is 5.07. The summed E-state index contributed by atoms with van der Waals surface area (Å²) in [5.74, 6) is 0.286. The Kier molecular flexibility index (Phi) is 6.53. The molecule has 0 aliphatic heterocycles. The lowest BCUT2D eigenvalue weighted by atomic mass is 10.2. The Bertz CT molecular complexity index is 204. The molecule has 0 bridgehead atoms. The van der Waals surface area contributed by atoms with E-state index in [-0.39, 0.29) is 11.7 Å². The van der Waals surface area contributed by atoms with Gasteiger partial charge in [-0.1, -0.05) is 12.1 Å². The summed E-state index contributed by atoms with van der Waals surface area (Å²) in [7, 11) is 0. The molecule has 0 fully saturated rings. The number of nitrogens with zero attached hydrogens (tertiary/aromatic N) is 2. The van der Waals surface area contributed by atoms with Gasteiger partial charge in [0.15, 0.2) is 0 Å². The summed E-state index contributed by atoms with van der Waals surface area (Å²) < 4.78 is 0. The van der Waals surface area contributed by atoms with Crippen LogP contribution in [-0.2, 0) is 4.79 Å². The third-order valence-electron chi connectivity index (χ3n) is 1.96. The number of hydrogen-bond donors (Lipinski definition) is 2. The van der Waals surface area contributed by atoms with Gasteiger partial charge in [0.1, 0.15) is 5.84 Å². The molecule has 5 heteroatoms. The monoisotopic (exact) mass is 201 g/mol. The first-order chi connectivity index (χ1) is 6.65. The maximum atomic E-state index is 11.5. The fourth-order valence-electron chi connectivity index (χ4n) is 1.13. The largest absolute Gasteiger partial charge is 0.409 e. The van der Waals surface area contributed by atoms with Crippen LogP contribution in [0.15, 0.2) is 5.16 Å². The molecule has 0 spiro atoms. The van der Waals surface area contributed by atoms with E-state index in [0.717, 1.165) is 6.42 Å². The predicted molar refractivity (Wildman–Crippen MR) is 55.2 cm³/mol. The second-order valence-corrected chi connectivity index (χ2v) is 3.06. The fourth-order valence-corrected chi connectivity index (χ4v) is 1.13. The van der Waals surface area contributed by atoms with Gasteiger partial charge in [0.2, 0.25) is 5.91 Å².